The molecule has 0 aromatic rings. The van der Waals surface area contributed by atoms with E-state index in [1.165, 1.54) is 77.2 Å². The maximum absolute atomic E-state index is 13.2. The van der Waals surface area contributed by atoms with Crippen LogP contribution in [0.4, 0.5) is 0 Å². The second-order valence-corrected chi connectivity index (χ2v) is 13.1. The Morgan fingerprint density at radius 2 is 1.66 bits per heavy atom. The van der Waals surface area contributed by atoms with Gasteiger partial charge in [0.25, 0.3) is 0 Å². The number of carbonyl (C=O) groups is 1. The van der Waals surface area contributed by atoms with Gasteiger partial charge in [-0.3, -0.25) is 14.6 Å². The lowest BCUT2D eigenvalue weighted by Gasteiger charge is -2.47. The van der Waals surface area contributed by atoms with Gasteiger partial charge in [-0.25, -0.2) is 0 Å². The van der Waals surface area contributed by atoms with Crippen LogP contribution >= 0.6 is 0 Å². The molecule has 0 radical (unpaired) electrons. The molecule has 8 unspecified atom stereocenters. The van der Waals surface area contributed by atoms with E-state index in [1.807, 2.05) is 0 Å². The topological polar surface area (TPSA) is 38.8 Å². The molecule has 2 aliphatic carbocycles. The summed E-state index contributed by atoms with van der Waals surface area (Å²) < 4.78 is 0. The molecule has 0 aromatic heterocycles. The first-order valence-electron chi connectivity index (χ1n) is 15.3. The molecule has 35 heavy (non-hydrogen) atoms. The lowest BCUT2D eigenvalue weighted by molar-refractivity contribution is -0.135. The van der Waals surface area contributed by atoms with Crippen molar-refractivity contribution >= 4 is 5.91 Å². The smallest absolute Gasteiger partial charge is 0.225 e. The van der Waals surface area contributed by atoms with Crippen LogP contribution in [0.5, 0.6) is 0 Å². The number of nitrogens with one attached hydrogen (secondary N) is 1. The fourth-order valence-electron chi connectivity index (χ4n) is 8.15. The number of hydrogen-bond acceptors (Lipinski definition) is 4. The zero-order valence-corrected chi connectivity index (χ0v) is 23.7. The maximum atomic E-state index is 13.2. The molecule has 5 heteroatoms. The third-order valence-corrected chi connectivity index (χ3v) is 10.4. The zero-order valence-electron chi connectivity index (χ0n) is 23.7. The van der Waals surface area contributed by atoms with E-state index in [9.17, 15) is 4.79 Å². The minimum absolute atomic E-state index is 0.249. The van der Waals surface area contributed by atoms with Crippen LogP contribution in [0.2, 0.25) is 0 Å². The van der Waals surface area contributed by atoms with Gasteiger partial charge < -0.3 is 10.2 Å². The molecule has 2 heterocycles. The minimum atomic E-state index is 0.249. The molecule has 0 bridgehead atoms. The molecule has 8 atom stereocenters. The van der Waals surface area contributed by atoms with E-state index in [0.717, 1.165) is 49.7 Å². The molecule has 2 aliphatic heterocycles. The molecule has 0 aromatic carbocycles. The summed E-state index contributed by atoms with van der Waals surface area (Å²) in [5.74, 6) is 3.07. The van der Waals surface area contributed by atoms with Gasteiger partial charge in [-0.2, -0.15) is 0 Å². The van der Waals surface area contributed by atoms with Crippen molar-refractivity contribution in [3.05, 3.63) is 0 Å². The molecule has 4 rings (SSSR count). The predicted octanol–water partition coefficient (Wildman–Crippen LogP) is 5.35. The molecule has 5 nitrogen and oxygen atoms in total. The standard InChI is InChI=1S/C30H56N4O/c1-6-24-18-27(31-26-13-10-12-25(19-26)30(35)34-15-7-8-16-34)20-29(32(4)21-23(24)3)33(5)28-14-9-11-22(2)17-28/h22-29,31H,6-21H2,1-5H3. The van der Waals surface area contributed by atoms with Crippen molar-refractivity contribution in [2.75, 3.05) is 33.7 Å². The van der Waals surface area contributed by atoms with E-state index >= 15 is 0 Å². The van der Waals surface area contributed by atoms with E-state index < -0.39 is 0 Å². The maximum Gasteiger partial charge on any atom is 0.225 e. The highest BCUT2D eigenvalue weighted by Crippen LogP contribution is 2.34. The first kappa shape index (κ1) is 27.4. The fraction of sp³-hybridized carbons (Fsp3) is 0.967. The summed E-state index contributed by atoms with van der Waals surface area (Å²) in [6, 6.07) is 1.77. The number of rotatable bonds is 6. The molecular weight excluding hydrogens is 432 g/mol. The lowest BCUT2D eigenvalue weighted by Crippen LogP contribution is -2.56. The van der Waals surface area contributed by atoms with Gasteiger partial charge in [0.05, 0.1) is 6.17 Å². The number of carbonyl (C=O) groups excluding carboxylic acids is 1. The van der Waals surface area contributed by atoms with Gasteiger partial charge in [-0.1, -0.05) is 46.5 Å². The molecule has 2 saturated carbocycles. The third-order valence-electron chi connectivity index (χ3n) is 10.4. The number of nitrogens with zero attached hydrogens (tertiary/aromatic N) is 3. The second-order valence-electron chi connectivity index (χ2n) is 13.1. The quantitative estimate of drug-likeness (QED) is 0.547. The van der Waals surface area contributed by atoms with Crippen LogP contribution < -0.4 is 5.32 Å². The average molecular weight is 489 g/mol. The monoisotopic (exact) mass is 488 g/mol. The molecule has 4 aliphatic rings. The SMILES string of the molecule is CCC1CC(NC2CCCC(C(=O)N3CCCC3)C2)CC(N(C)C2CCCC(C)C2)N(C)CC1C. The molecule has 2 saturated heterocycles. The summed E-state index contributed by atoms with van der Waals surface area (Å²) >= 11 is 0. The summed E-state index contributed by atoms with van der Waals surface area (Å²) in [5.41, 5.74) is 0. The Morgan fingerprint density at radius 1 is 0.914 bits per heavy atom. The largest absolute Gasteiger partial charge is 0.342 e. The predicted molar refractivity (Wildman–Crippen MR) is 146 cm³/mol. The van der Waals surface area contributed by atoms with Gasteiger partial charge in [-0.05, 0) is 89.6 Å². The number of hydrogen-bond donors (Lipinski definition) is 1. The van der Waals surface area contributed by atoms with Crippen LogP contribution in [0.3, 0.4) is 0 Å². The van der Waals surface area contributed by atoms with Gasteiger partial charge in [0.1, 0.15) is 0 Å². The molecule has 202 valence electrons. The summed E-state index contributed by atoms with van der Waals surface area (Å²) in [6.45, 7) is 10.5. The van der Waals surface area contributed by atoms with Crippen molar-refractivity contribution < 1.29 is 4.79 Å². The highest BCUT2D eigenvalue weighted by molar-refractivity contribution is 5.79. The van der Waals surface area contributed by atoms with Crippen LogP contribution in [-0.2, 0) is 4.79 Å². The van der Waals surface area contributed by atoms with Crippen LogP contribution in [0, 0.1) is 23.7 Å². The van der Waals surface area contributed by atoms with Crippen LogP contribution in [0.15, 0.2) is 0 Å². The van der Waals surface area contributed by atoms with Gasteiger partial charge >= 0.3 is 0 Å². The first-order valence-corrected chi connectivity index (χ1v) is 15.3. The van der Waals surface area contributed by atoms with Crippen molar-refractivity contribution in [3.8, 4) is 0 Å². The Balaban J connectivity index is 1.43. The van der Waals surface area contributed by atoms with Gasteiger partial charge in [0, 0.05) is 43.7 Å². The first-order chi connectivity index (χ1) is 16.9. The Bertz CT molecular complexity index is 665. The summed E-state index contributed by atoms with van der Waals surface area (Å²) in [5, 5.41) is 4.18. The van der Waals surface area contributed by atoms with Crippen LogP contribution in [0.25, 0.3) is 0 Å². The number of likely N-dealkylation sites (tertiary alicyclic amines) is 2. The highest BCUT2D eigenvalue weighted by Gasteiger charge is 2.37. The van der Waals surface area contributed by atoms with Crippen LogP contribution in [0.1, 0.15) is 104 Å². The van der Waals surface area contributed by atoms with Crippen molar-refractivity contribution in [1.29, 1.82) is 0 Å². The van der Waals surface area contributed by atoms with Gasteiger partial charge in [0.15, 0.2) is 0 Å². The van der Waals surface area contributed by atoms with Crippen molar-refractivity contribution in [3.63, 3.8) is 0 Å². The molecule has 0 spiro atoms. The van der Waals surface area contributed by atoms with E-state index in [4.69, 9.17) is 0 Å². The van der Waals surface area contributed by atoms with E-state index in [2.05, 4.69) is 54.9 Å². The highest BCUT2D eigenvalue weighted by atomic mass is 16.2. The van der Waals surface area contributed by atoms with Crippen molar-refractivity contribution in [1.82, 2.24) is 20.0 Å². The van der Waals surface area contributed by atoms with E-state index in [-0.39, 0.29) is 5.92 Å². The Labute approximate surface area is 216 Å². The number of amides is 1. The Kier molecular flexibility index (Phi) is 9.97. The van der Waals surface area contributed by atoms with Crippen molar-refractivity contribution in [2.24, 2.45) is 23.7 Å². The molecule has 4 fully saturated rings. The van der Waals surface area contributed by atoms with E-state index in [1.54, 1.807) is 0 Å². The minimum Gasteiger partial charge on any atom is -0.342 e. The van der Waals surface area contributed by atoms with Crippen LogP contribution in [-0.4, -0.2) is 78.6 Å². The summed E-state index contributed by atoms with van der Waals surface area (Å²) in [4.78, 5) is 20.7. The normalized spacial score (nSPS) is 40.0. The third kappa shape index (κ3) is 7.02. The average Bonchev–Trinajstić information content (AvgIpc) is 3.39. The Hall–Kier alpha value is -0.650. The second kappa shape index (κ2) is 12.7. The molecular formula is C30H56N4O. The zero-order chi connectivity index (χ0) is 24.9. The van der Waals surface area contributed by atoms with E-state index in [0.29, 0.717) is 24.2 Å². The summed E-state index contributed by atoms with van der Waals surface area (Å²) in [6.07, 6.45) is 16.8. The van der Waals surface area contributed by atoms with Gasteiger partial charge in [0.2, 0.25) is 5.91 Å². The Morgan fingerprint density at radius 3 is 2.37 bits per heavy atom. The lowest BCUT2D eigenvalue weighted by atomic mass is 9.80. The molecule has 1 N–H and O–H groups in total. The summed E-state index contributed by atoms with van der Waals surface area (Å²) in [7, 11) is 4.79. The molecule has 1 amide bonds. The van der Waals surface area contributed by atoms with Gasteiger partial charge in [-0.15, -0.1) is 0 Å². The van der Waals surface area contributed by atoms with Crippen molar-refractivity contribution in [2.45, 2.75) is 129 Å². The fourth-order valence-corrected chi connectivity index (χ4v) is 8.15.